The van der Waals surface area contributed by atoms with Crippen LogP contribution in [0.3, 0.4) is 0 Å². The van der Waals surface area contributed by atoms with Crippen molar-refractivity contribution in [3.63, 3.8) is 0 Å². The van der Waals surface area contributed by atoms with E-state index in [0.717, 1.165) is 53.0 Å². The SMILES string of the molecule is CCOc1cccc(CNCCCSc2nnnn2C)c1OCc1ccc(C)cc1. The lowest BCUT2D eigenvalue weighted by molar-refractivity contribution is 0.266. The van der Waals surface area contributed by atoms with E-state index < -0.39 is 0 Å². The summed E-state index contributed by atoms with van der Waals surface area (Å²) in [6, 6.07) is 14.5. The van der Waals surface area contributed by atoms with Gasteiger partial charge in [0.1, 0.15) is 6.61 Å². The molecule has 3 rings (SSSR count). The highest BCUT2D eigenvalue weighted by Crippen LogP contribution is 2.32. The third-order valence-corrected chi connectivity index (χ3v) is 5.59. The van der Waals surface area contributed by atoms with Crippen LogP contribution in [0.15, 0.2) is 47.6 Å². The van der Waals surface area contributed by atoms with Gasteiger partial charge in [0.15, 0.2) is 11.5 Å². The van der Waals surface area contributed by atoms with Gasteiger partial charge in [-0.3, -0.25) is 0 Å². The minimum atomic E-state index is 0.514. The van der Waals surface area contributed by atoms with Gasteiger partial charge >= 0.3 is 0 Å². The van der Waals surface area contributed by atoms with Crippen LogP contribution in [-0.4, -0.2) is 39.1 Å². The molecule has 0 unspecified atom stereocenters. The molecule has 0 spiro atoms. The molecule has 0 amide bonds. The quantitative estimate of drug-likeness (QED) is 0.348. The van der Waals surface area contributed by atoms with Gasteiger partial charge in [0, 0.05) is 24.9 Å². The third-order valence-electron chi connectivity index (χ3n) is 4.49. The van der Waals surface area contributed by atoms with E-state index in [-0.39, 0.29) is 0 Å². The van der Waals surface area contributed by atoms with Crippen LogP contribution in [0.5, 0.6) is 11.5 Å². The number of hydrogen-bond donors (Lipinski definition) is 1. The van der Waals surface area contributed by atoms with Gasteiger partial charge < -0.3 is 14.8 Å². The predicted molar refractivity (Wildman–Crippen MR) is 119 cm³/mol. The molecule has 0 fully saturated rings. The van der Waals surface area contributed by atoms with E-state index in [0.29, 0.717) is 13.2 Å². The molecule has 0 atom stereocenters. The van der Waals surface area contributed by atoms with Gasteiger partial charge in [0.05, 0.1) is 6.61 Å². The maximum absolute atomic E-state index is 6.19. The average molecular weight is 428 g/mol. The van der Waals surface area contributed by atoms with E-state index in [1.807, 2.05) is 26.1 Å². The number of tetrazole rings is 1. The summed E-state index contributed by atoms with van der Waals surface area (Å²) in [7, 11) is 1.85. The molecule has 1 heterocycles. The molecule has 8 heteroatoms. The van der Waals surface area contributed by atoms with E-state index in [1.54, 1.807) is 16.4 Å². The fraction of sp³-hybridized carbons (Fsp3) is 0.409. The van der Waals surface area contributed by atoms with Crippen LogP contribution in [0.1, 0.15) is 30.0 Å². The van der Waals surface area contributed by atoms with E-state index in [2.05, 4.69) is 58.1 Å². The molecule has 0 aliphatic rings. The smallest absolute Gasteiger partial charge is 0.209 e. The Morgan fingerprint density at radius 1 is 1.10 bits per heavy atom. The predicted octanol–water partition coefficient (Wildman–Crippen LogP) is 3.77. The summed E-state index contributed by atoms with van der Waals surface area (Å²) in [4.78, 5) is 0. The highest BCUT2D eigenvalue weighted by molar-refractivity contribution is 7.99. The lowest BCUT2D eigenvalue weighted by atomic mass is 10.1. The molecule has 1 N–H and O–H groups in total. The molecule has 0 radical (unpaired) electrons. The molecule has 1 aromatic heterocycles. The minimum absolute atomic E-state index is 0.514. The summed E-state index contributed by atoms with van der Waals surface area (Å²) in [5, 5.41) is 15.8. The third kappa shape index (κ3) is 6.47. The summed E-state index contributed by atoms with van der Waals surface area (Å²) in [5.41, 5.74) is 3.48. The number of ether oxygens (including phenoxy) is 2. The van der Waals surface area contributed by atoms with Crippen LogP contribution in [-0.2, 0) is 20.2 Å². The first-order valence-electron chi connectivity index (χ1n) is 10.2. The summed E-state index contributed by atoms with van der Waals surface area (Å²) in [6.45, 7) is 6.81. The Kier molecular flexibility index (Phi) is 8.53. The Bertz CT molecular complexity index is 914. The average Bonchev–Trinajstić information content (AvgIpc) is 3.16. The number of nitrogens with one attached hydrogen (secondary N) is 1. The number of nitrogens with zero attached hydrogens (tertiary/aromatic N) is 4. The normalized spacial score (nSPS) is 10.9. The van der Waals surface area contributed by atoms with Crippen molar-refractivity contribution in [3.8, 4) is 11.5 Å². The molecule has 0 bridgehead atoms. The summed E-state index contributed by atoms with van der Waals surface area (Å²) in [5.74, 6) is 2.55. The van der Waals surface area contributed by atoms with Gasteiger partial charge in [-0.05, 0) is 48.9 Å². The molecule has 0 saturated heterocycles. The molecular formula is C22H29N5O2S. The molecule has 0 aliphatic carbocycles. The number of para-hydroxylation sites is 1. The van der Waals surface area contributed by atoms with Crippen molar-refractivity contribution in [2.75, 3.05) is 18.9 Å². The Morgan fingerprint density at radius 2 is 1.93 bits per heavy atom. The van der Waals surface area contributed by atoms with Crippen molar-refractivity contribution >= 4 is 11.8 Å². The zero-order chi connectivity index (χ0) is 21.2. The molecule has 30 heavy (non-hydrogen) atoms. The van der Waals surface area contributed by atoms with E-state index in [1.165, 1.54) is 5.56 Å². The number of aryl methyl sites for hydroxylation is 2. The lowest BCUT2D eigenvalue weighted by Gasteiger charge is -2.16. The second-order valence-corrected chi connectivity index (χ2v) is 7.98. The first-order chi connectivity index (χ1) is 14.7. The first kappa shape index (κ1) is 22.1. The molecule has 3 aromatic rings. The molecule has 7 nitrogen and oxygen atoms in total. The van der Waals surface area contributed by atoms with E-state index >= 15 is 0 Å². The maximum atomic E-state index is 6.19. The molecule has 0 saturated carbocycles. The van der Waals surface area contributed by atoms with Gasteiger partial charge in [-0.25, -0.2) is 4.68 Å². The monoisotopic (exact) mass is 427 g/mol. The van der Waals surface area contributed by atoms with Crippen molar-refractivity contribution in [3.05, 3.63) is 59.2 Å². The van der Waals surface area contributed by atoms with Gasteiger partial charge in [-0.1, -0.05) is 53.7 Å². The fourth-order valence-electron chi connectivity index (χ4n) is 2.90. The van der Waals surface area contributed by atoms with Crippen LogP contribution >= 0.6 is 11.8 Å². The topological polar surface area (TPSA) is 74.1 Å². The number of rotatable bonds is 12. The molecule has 160 valence electrons. The largest absolute Gasteiger partial charge is 0.490 e. The molecular weight excluding hydrogens is 398 g/mol. The van der Waals surface area contributed by atoms with Gasteiger partial charge in [-0.2, -0.15) is 0 Å². The Balaban J connectivity index is 1.53. The minimum Gasteiger partial charge on any atom is -0.490 e. The fourth-order valence-corrected chi connectivity index (χ4v) is 3.69. The Morgan fingerprint density at radius 3 is 2.67 bits per heavy atom. The zero-order valence-corrected chi connectivity index (χ0v) is 18.6. The molecule has 0 aliphatic heterocycles. The number of aromatic nitrogens is 4. The Labute approximate surface area is 182 Å². The van der Waals surface area contributed by atoms with Crippen LogP contribution in [0.2, 0.25) is 0 Å². The number of benzene rings is 2. The van der Waals surface area contributed by atoms with Crippen LogP contribution in [0.25, 0.3) is 0 Å². The van der Waals surface area contributed by atoms with Crippen molar-refractivity contribution in [1.82, 2.24) is 25.5 Å². The van der Waals surface area contributed by atoms with Crippen LogP contribution in [0, 0.1) is 6.92 Å². The van der Waals surface area contributed by atoms with Gasteiger partial charge in [-0.15, -0.1) is 5.10 Å². The zero-order valence-electron chi connectivity index (χ0n) is 17.8. The van der Waals surface area contributed by atoms with Crippen molar-refractivity contribution in [2.24, 2.45) is 7.05 Å². The van der Waals surface area contributed by atoms with Gasteiger partial charge in [0.2, 0.25) is 5.16 Å². The summed E-state index contributed by atoms with van der Waals surface area (Å²) >= 11 is 1.66. The standard InChI is InChI=1S/C22H29N5O2S/c1-4-28-20-8-5-7-19(21(20)29-16-18-11-9-17(2)10-12-18)15-23-13-6-14-30-22-24-25-26-27(22)3/h5,7-12,23H,4,6,13-16H2,1-3H3. The number of thioether (sulfide) groups is 1. The van der Waals surface area contributed by atoms with Crippen LogP contribution in [0.4, 0.5) is 0 Å². The number of hydrogen-bond acceptors (Lipinski definition) is 7. The maximum Gasteiger partial charge on any atom is 0.209 e. The highest BCUT2D eigenvalue weighted by atomic mass is 32.2. The second-order valence-electron chi connectivity index (χ2n) is 6.92. The van der Waals surface area contributed by atoms with Crippen molar-refractivity contribution in [1.29, 1.82) is 0 Å². The second kappa shape index (κ2) is 11.6. The summed E-state index contributed by atoms with van der Waals surface area (Å²) < 4.78 is 13.7. The summed E-state index contributed by atoms with van der Waals surface area (Å²) in [6.07, 6.45) is 1.02. The highest BCUT2D eigenvalue weighted by Gasteiger charge is 2.11. The molecule has 2 aromatic carbocycles. The first-order valence-corrected chi connectivity index (χ1v) is 11.1. The van der Waals surface area contributed by atoms with E-state index in [4.69, 9.17) is 9.47 Å². The lowest BCUT2D eigenvalue weighted by Crippen LogP contribution is -2.16. The van der Waals surface area contributed by atoms with Crippen LogP contribution < -0.4 is 14.8 Å². The van der Waals surface area contributed by atoms with Crippen molar-refractivity contribution in [2.45, 2.75) is 38.6 Å². The van der Waals surface area contributed by atoms with E-state index in [9.17, 15) is 0 Å². The van der Waals surface area contributed by atoms with Gasteiger partial charge in [0.25, 0.3) is 0 Å². The Hall–Kier alpha value is -2.58. The van der Waals surface area contributed by atoms with Crippen molar-refractivity contribution < 1.29 is 9.47 Å².